The van der Waals surface area contributed by atoms with Crippen molar-refractivity contribution in [1.29, 1.82) is 0 Å². The Bertz CT molecular complexity index is 550. The molecule has 1 atom stereocenters. The van der Waals surface area contributed by atoms with E-state index < -0.39 is 0 Å². The second-order valence-electron chi connectivity index (χ2n) is 4.22. The highest BCUT2D eigenvalue weighted by Crippen LogP contribution is 2.31. The van der Waals surface area contributed by atoms with Crippen LogP contribution in [0.25, 0.3) is 0 Å². The monoisotopic (exact) mass is 246 g/mol. The van der Waals surface area contributed by atoms with Crippen molar-refractivity contribution in [2.75, 3.05) is 6.61 Å². The summed E-state index contributed by atoms with van der Waals surface area (Å²) < 4.78 is 5.49. The van der Waals surface area contributed by atoms with Crippen LogP contribution in [0.15, 0.2) is 24.4 Å². The number of nitrogens with zero attached hydrogens (tertiary/aromatic N) is 1. The number of benzene rings is 1. The molecule has 1 aromatic carbocycles. The fraction of sp³-hybridized carbons (Fsp3) is 0.308. The molecule has 1 unspecified atom stereocenters. The lowest BCUT2D eigenvalue weighted by atomic mass is 10.0. The van der Waals surface area contributed by atoms with Crippen LogP contribution in [0, 0.1) is 6.92 Å². The third-order valence-corrected chi connectivity index (χ3v) is 4.01. The van der Waals surface area contributed by atoms with Crippen molar-refractivity contribution in [1.82, 2.24) is 4.98 Å². The highest BCUT2D eigenvalue weighted by atomic mass is 32.1. The van der Waals surface area contributed by atoms with Gasteiger partial charge in [-0.05, 0) is 24.1 Å². The molecule has 88 valence electrons. The van der Waals surface area contributed by atoms with Crippen LogP contribution in [-0.2, 0) is 6.42 Å². The first kappa shape index (κ1) is 10.7. The van der Waals surface area contributed by atoms with Gasteiger partial charge in [0.25, 0.3) is 0 Å². The van der Waals surface area contributed by atoms with Crippen molar-refractivity contribution in [3.05, 3.63) is 45.4 Å². The molecule has 0 spiro atoms. The van der Waals surface area contributed by atoms with Crippen LogP contribution in [0.1, 0.15) is 27.1 Å². The smallest absolute Gasteiger partial charge is 0.122 e. The van der Waals surface area contributed by atoms with Gasteiger partial charge in [0.2, 0.25) is 0 Å². The Balaban J connectivity index is 1.94. The molecule has 2 heterocycles. The Morgan fingerprint density at radius 3 is 3.12 bits per heavy atom. The zero-order valence-corrected chi connectivity index (χ0v) is 10.5. The van der Waals surface area contributed by atoms with E-state index in [1.165, 1.54) is 5.56 Å². The molecule has 0 saturated carbocycles. The lowest BCUT2D eigenvalue weighted by Gasteiger charge is -2.10. The Kier molecular flexibility index (Phi) is 2.61. The van der Waals surface area contributed by atoms with E-state index in [2.05, 4.69) is 11.1 Å². The second kappa shape index (κ2) is 4.13. The molecule has 0 amide bonds. The van der Waals surface area contributed by atoms with E-state index in [4.69, 9.17) is 10.5 Å². The van der Waals surface area contributed by atoms with Gasteiger partial charge in [0.05, 0.1) is 17.7 Å². The molecule has 2 aromatic rings. The molecule has 2 N–H and O–H groups in total. The molecule has 3 nitrogen and oxygen atoms in total. The topological polar surface area (TPSA) is 48.1 Å². The van der Waals surface area contributed by atoms with E-state index in [9.17, 15) is 0 Å². The number of fused-ring (bicyclic) bond motifs is 1. The fourth-order valence-electron chi connectivity index (χ4n) is 2.09. The van der Waals surface area contributed by atoms with Gasteiger partial charge in [-0.15, -0.1) is 11.3 Å². The summed E-state index contributed by atoms with van der Waals surface area (Å²) >= 11 is 1.66. The van der Waals surface area contributed by atoms with Crippen molar-refractivity contribution in [3.8, 4) is 5.75 Å². The van der Waals surface area contributed by atoms with Crippen LogP contribution in [0.5, 0.6) is 5.75 Å². The Labute approximate surface area is 104 Å². The van der Waals surface area contributed by atoms with E-state index in [0.717, 1.165) is 34.2 Å². The lowest BCUT2D eigenvalue weighted by Crippen LogP contribution is -2.10. The number of nitrogens with two attached hydrogens (primary N) is 1. The van der Waals surface area contributed by atoms with E-state index in [0.29, 0.717) is 0 Å². The average Bonchev–Trinajstić information content (AvgIpc) is 2.95. The second-order valence-corrected chi connectivity index (χ2v) is 5.49. The molecule has 0 fully saturated rings. The molecule has 0 saturated heterocycles. The first-order valence-corrected chi connectivity index (χ1v) is 6.49. The van der Waals surface area contributed by atoms with Crippen molar-refractivity contribution in [3.63, 3.8) is 0 Å². The van der Waals surface area contributed by atoms with Crippen LogP contribution < -0.4 is 10.5 Å². The van der Waals surface area contributed by atoms with Gasteiger partial charge in [-0.25, -0.2) is 4.98 Å². The summed E-state index contributed by atoms with van der Waals surface area (Å²) in [5.41, 5.74) is 8.65. The first-order valence-electron chi connectivity index (χ1n) is 5.67. The van der Waals surface area contributed by atoms with E-state index in [1.54, 1.807) is 11.3 Å². The van der Waals surface area contributed by atoms with Crippen molar-refractivity contribution < 1.29 is 4.74 Å². The zero-order chi connectivity index (χ0) is 11.8. The highest BCUT2D eigenvalue weighted by Gasteiger charge is 2.16. The molecule has 0 bridgehead atoms. The van der Waals surface area contributed by atoms with Gasteiger partial charge in [0.1, 0.15) is 5.75 Å². The summed E-state index contributed by atoms with van der Waals surface area (Å²) in [6.45, 7) is 2.78. The normalized spacial score (nSPS) is 15.4. The zero-order valence-electron chi connectivity index (χ0n) is 9.64. The van der Waals surface area contributed by atoms with E-state index in [-0.39, 0.29) is 6.04 Å². The lowest BCUT2D eigenvalue weighted by molar-refractivity contribution is 0.357. The summed E-state index contributed by atoms with van der Waals surface area (Å²) in [4.78, 5) is 5.36. The summed E-state index contributed by atoms with van der Waals surface area (Å²) in [6.07, 6.45) is 2.85. The number of hydrogen-bond donors (Lipinski definition) is 1. The molecular formula is C13H14N2OS. The minimum absolute atomic E-state index is 0.0768. The molecule has 0 aliphatic carbocycles. The van der Waals surface area contributed by atoms with Gasteiger partial charge in [-0.1, -0.05) is 12.1 Å². The third-order valence-electron chi connectivity index (χ3n) is 3.02. The van der Waals surface area contributed by atoms with Gasteiger partial charge >= 0.3 is 0 Å². The average molecular weight is 246 g/mol. The fourth-order valence-corrected chi connectivity index (χ4v) is 2.90. The number of hydrogen-bond acceptors (Lipinski definition) is 4. The molecule has 1 aromatic heterocycles. The summed E-state index contributed by atoms with van der Waals surface area (Å²) in [7, 11) is 0. The number of aryl methyl sites for hydroxylation is 1. The maximum absolute atomic E-state index is 6.25. The van der Waals surface area contributed by atoms with E-state index >= 15 is 0 Å². The van der Waals surface area contributed by atoms with Crippen molar-refractivity contribution >= 4 is 11.3 Å². The third kappa shape index (κ3) is 1.94. The van der Waals surface area contributed by atoms with Crippen LogP contribution in [0.3, 0.4) is 0 Å². The molecule has 0 radical (unpaired) electrons. The van der Waals surface area contributed by atoms with Crippen LogP contribution >= 0.6 is 11.3 Å². The molecular weight excluding hydrogens is 232 g/mol. The summed E-state index contributed by atoms with van der Waals surface area (Å²) in [5.74, 6) is 1.00. The van der Waals surface area contributed by atoms with Crippen LogP contribution in [-0.4, -0.2) is 11.6 Å². The highest BCUT2D eigenvalue weighted by molar-refractivity contribution is 7.11. The molecule has 1 aliphatic rings. The van der Waals surface area contributed by atoms with Crippen molar-refractivity contribution in [2.45, 2.75) is 19.4 Å². The Morgan fingerprint density at radius 1 is 1.47 bits per heavy atom. The SMILES string of the molecule is Cc1ncc(C(N)c2ccc3c(c2)CCO3)s1. The standard InChI is InChI=1S/C13H14N2OS/c1-8-15-7-12(17-8)13(14)10-2-3-11-9(6-10)4-5-16-11/h2-3,6-7,13H,4-5,14H2,1H3. The molecule has 4 heteroatoms. The van der Waals surface area contributed by atoms with Crippen LogP contribution in [0.4, 0.5) is 0 Å². The van der Waals surface area contributed by atoms with Crippen molar-refractivity contribution in [2.24, 2.45) is 5.73 Å². The van der Waals surface area contributed by atoms with Gasteiger partial charge < -0.3 is 10.5 Å². The summed E-state index contributed by atoms with van der Waals surface area (Å²) in [6, 6.07) is 6.14. The molecule has 17 heavy (non-hydrogen) atoms. The Morgan fingerprint density at radius 2 is 2.35 bits per heavy atom. The Hall–Kier alpha value is -1.39. The quantitative estimate of drug-likeness (QED) is 0.885. The van der Waals surface area contributed by atoms with Crippen LogP contribution in [0.2, 0.25) is 0 Å². The predicted octanol–water partition coefficient (Wildman–Crippen LogP) is 2.43. The molecule has 3 rings (SSSR count). The van der Waals surface area contributed by atoms with Gasteiger partial charge in [-0.3, -0.25) is 0 Å². The minimum atomic E-state index is -0.0768. The molecule has 1 aliphatic heterocycles. The predicted molar refractivity (Wildman–Crippen MR) is 68.5 cm³/mol. The first-order chi connectivity index (χ1) is 8.24. The number of rotatable bonds is 2. The number of aromatic nitrogens is 1. The maximum atomic E-state index is 6.25. The number of ether oxygens (including phenoxy) is 1. The summed E-state index contributed by atoms with van der Waals surface area (Å²) in [5, 5.41) is 1.06. The van der Waals surface area contributed by atoms with Gasteiger partial charge in [0.15, 0.2) is 0 Å². The van der Waals surface area contributed by atoms with Gasteiger partial charge in [0, 0.05) is 17.5 Å². The maximum Gasteiger partial charge on any atom is 0.122 e. The number of thiazole rings is 1. The minimum Gasteiger partial charge on any atom is -0.493 e. The van der Waals surface area contributed by atoms with Gasteiger partial charge in [-0.2, -0.15) is 0 Å². The largest absolute Gasteiger partial charge is 0.493 e. The van der Waals surface area contributed by atoms with E-state index in [1.807, 2.05) is 25.3 Å².